The predicted octanol–water partition coefficient (Wildman–Crippen LogP) is 2.00. The van der Waals surface area contributed by atoms with Gasteiger partial charge in [0.1, 0.15) is 24.7 Å². The highest BCUT2D eigenvalue weighted by atomic mass is 16.5. The van der Waals surface area contributed by atoms with E-state index in [1.165, 1.54) is 25.2 Å². The predicted molar refractivity (Wildman–Crippen MR) is 71.7 cm³/mol. The lowest BCUT2D eigenvalue weighted by molar-refractivity contribution is -0.108. The monoisotopic (exact) mass is 280 g/mol. The second-order valence-electron chi connectivity index (χ2n) is 5.70. The van der Waals surface area contributed by atoms with E-state index in [0.717, 1.165) is 25.7 Å². The third-order valence-electron chi connectivity index (χ3n) is 4.26. The van der Waals surface area contributed by atoms with Gasteiger partial charge in [-0.15, -0.1) is 0 Å². The smallest absolute Gasteiger partial charge is 0.227 e. The largest absolute Gasteiger partial charge is 0.483 e. The Bertz CT molecular complexity index is 515. The molecule has 5 heteroatoms. The van der Waals surface area contributed by atoms with E-state index in [4.69, 9.17) is 19.0 Å². The first kappa shape index (κ1) is 13.6. The summed E-state index contributed by atoms with van der Waals surface area (Å²) < 4.78 is 16.9. The first-order valence-corrected chi connectivity index (χ1v) is 7.24. The zero-order valence-electron chi connectivity index (χ0n) is 11.5. The van der Waals surface area contributed by atoms with Gasteiger partial charge in [0.15, 0.2) is 0 Å². The van der Waals surface area contributed by atoms with Crippen LogP contribution in [-0.4, -0.2) is 23.4 Å². The molecule has 1 spiro atoms. The van der Waals surface area contributed by atoms with Crippen molar-refractivity contribution in [1.29, 1.82) is 0 Å². The maximum atomic E-state index is 11.9. The summed E-state index contributed by atoms with van der Waals surface area (Å²) in [7, 11) is 0. The van der Waals surface area contributed by atoms with Crippen molar-refractivity contribution in [3.63, 3.8) is 0 Å². The number of hydrogen-bond donors (Lipinski definition) is 1. The van der Waals surface area contributed by atoms with Crippen LogP contribution in [0.3, 0.4) is 0 Å². The SMILES string of the molecule is O=c1cc(CO)occ1OC1CCOC2(CCCC2)C1. The molecule has 3 rings (SSSR count). The van der Waals surface area contributed by atoms with Crippen LogP contribution in [0.2, 0.25) is 0 Å². The highest BCUT2D eigenvalue weighted by Gasteiger charge is 2.40. The van der Waals surface area contributed by atoms with Crippen molar-refractivity contribution in [2.75, 3.05) is 6.61 Å². The summed E-state index contributed by atoms with van der Waals surface area (Å²) >= 11 is 0. The number of aliphatic hydroxyl groups excluding tert-OH is 1. The number of ether oxygens (including phenoxy) is 2. The second-order valence-corrected chi connectivity index (χ2v) is 5.70. The lowest BCUT2D eigenvalue weighted by Gasteiger charge is -2.38. The zero-order chi connectivity index (χ0) is 14.0. The van der Waals surface area contributed by atoms with E-state index < -0.39 is 0 Å². The summed E-state index contributed by atoms with van der Waals surface area (Å²) in [5, 5.41) is 8.92. The Labute approximate surface area is 117 Å². The highest BCUT2D eigenvalue weighted by Crippen LogP contribution is 2.40. The van der Waals surface area contributed by atoms with Crippen molar-refractivity contribution < 1.29 is 19.0 Å². The van der Waals surface area contributed by atoms with Gasteiger partial charge in [-0.1, -0.05) is 12.8 Å². The first-order valence-electron chi connectivity index (χ1n) is 7.24. The molecule has 1 aliphatic heterocycles. The van der Waals surface area contributed by atoms with E-state index in [0.29, 0.717) is 6.61 Å². The molecular formula is C15H20O5. The Morgan fingerprint density at radius 3 is 2.90 bits per heavy atom. The first-order chi connectivity index (χ1) is 9.71. The van der Waals surface area contributed by atoms with Crippen molar-refractivity contribution in [2.45, 2.75) is 56.8 Å². The third kappa shape index (κ3) is 2.74. The quantitative estimate of drug-likeness (QED) is 0.917. The minimum absolute atomic E-state index is 0.00438. The summed E-state index contributed by atoms with van der Waals surface area (Å²) in [5.41, 5.74) is -0.277. The van der Waals surface area contributed by atoms with Crippen molar-refractivity contribution >= 4 is 0 Å². The molecule has 1 unspecified atom stereocenters. The summed E-state index contributed by atoms with van der Waals surface area (Å²) in [4.78, 5) is 11.9. The molecule has 1 saturated heterocycles. The van der Waals surface area contributed by atoms with Crippen LogP contribution in [0.1, 0.15) is 44.3 Å². The number of rotatable bonds is 3. The molecule has 1 saturated carbocycles. The van der Waals surface area contributed by atoms with Crippen LogP contribution in [0.5, 0.6) is 5.75 Å². The van der Waals surface area contributed by atoms with Crippen LogP contribution in [0.4, 0.5) is 0 Å². The Morgan fingerprint density at radius 1 is 1.40 bits per heavy atom. The molecule has 0 bridgehead atoms. The van der Waals surface area contributed by atoms with Crippen LogP contribution in [0.15, 0.2) is 21.5 Å². The van der Waals surface area contributed by atoms with Crippen LogP contribution >= 0.6 is 0 Å². The van der Waals surface area contributed by atoms with Crippen LogP contribution in [-0.2, 0) is 11.3 Å². The van der Waals surface area contributed by atoms with E-state index in [2.05, 4.69) is 0 Å². The Morgan fingerprint density at radius 2 is 2.20 bits per heavy atom. The Balaban J connectivity index is 1.69. The summed E-state index contributed by atoms with van der Waals surface area (Å²) in [6.45, 7) is 0.403. The van der Waals surface area contributed by atoms with Gasteiger partial charge >= 0.3 is 0 Å². The molecule has 1 atom stereocenters. The number of hydrogen-bond acceptors (Lipinski definition) is 5. The fourth-order valence-corrected chi connectivity index (χ4v) is 3.24. The molecular weight excluding hydrogens is 260 g/mol. The molecule has 1 aliphatic carbocycles. The van der Waals surface area contributed by atoms with Gasteiger partial charge in [-0.25, -0.2) is 0 Å². The van der Waals surface area contributed by atoms with Crippen LogP contribution < -0.4 is 10.2 Å². The molecule has 1 aromatic rings. The second kappa shape index (κ2) is 5.58. The van der Waals surface area contributed by atoms with E-state index in [1.807, 2.05) is 0 Å². The molecule has 2 heterocycles. The third-order valence-corrected chi connectivity index (χ3v) is 4.26. The van der Waals surface area contributed by atoms with Gasteiger partial charge in [0, 0.05) is 18.9 Å². The molecule has 1 aromatic heterocycles. The van der Waals surface area contributed by atoms with Gasteiger partial charge in [-0.05, 0) is 12.8 Å². The average Bonchev–Trinajstić information content (AvgIpc) is 2.89. The van der Waals surface area contributed by atoms with Gasteiger partial charge in [0.2, 0.25) is 11.2 Å². The van der Waals surface area contributed by atoms with Crippen molar-refractivity contribution in [1.82, 2.24) is 0 Å². The maximum Gasteiger partial charge on any atom is 0.227 e. The van der Waals surface area contributed by atoms with E-state index in [-0.39, 0.29) is 35.3 Å². The van der Waals surface area contributed by atoms with E-state index >= 15 is 0 Å². The van der Waals surface area contributed by atoms with Crippen LogP contribution in [0, 0.1) is 0 Å². The summed E-state index contributed by atoms with van der Waals surface area (Å²) in [5.74, 6) is 0.476. The molecule has 2 fully saturated rings. The minimum atomic E-state index is -0.282. The molecule has 20 heavy (non-hydrogen) atoms. The average molecular weight is 280 g/mol. The summed E-state index contributed by atoms with van der Waals surface area (Å²) in [6, 6.07) is 1.28. The topological polar surface area (TPSA) is 68.9 Å². The normalized spacial score (nSPS) is 24.9. The molecule has 110 valence electrons. The molecule has 5 nitrogen and oxygen atoms in total. The molecule has 2 aliphatic rings. The van der Waals surface area contributed by atoms with Gasteiger partial charge in [-0.2, -0.15) is 0 Å². The lowest BCUT2D eigenvalue weighted by atomic mass is 9.90. The van der Waals surface area contributed by atoms with Crippen molar-refractivity contribution in [3.8, 4) is 5.75 Å². The van der Waals surface area contributed by atoms with E-state index in [1.54, 1.807) is 0 Å². The number of aliphatic hydroxyl groups is 1. The summed E-state index contributed by atoms with van der Waals surface area (Å²) in [6.07, 6.45) is 7.53. The Hall–Kier alpha value is -1.33. The minimum Gasteiger partial charge on any atom is -0.483 e. The fourth-order valence-electron chi connectivity index (χ4n) is 3.24. The van der Waals surface area contributed by atoms with Gasteiger partial charge in [-0.3, -0.25) is 4.79 Å². The van der Waals surface area contributed by atoms with Gasteiger partial charge in [0.25, 0.3) is 0 Å². The highest BCUT2D eigenvalue weighted by molar-refractivity contribution is 5.18. The van der Waals surface area contributed by atoms with E-state index in [9.17, 15) is 4.79 Å². The Kier molecular flexibility index (Phi) is 3.81. The zero-order valence-corrected chi connectivity index (χ0v) is 11.5. The van der Waals surface area contributed by atoms with Crippen molar-refractivity contribution in [3.05, 3.63) is 28.3 Å². The molecule has 0 amide bonds. The fraction of sp³-hybridized carbons (Fsp3) is 0.667. The van der Waals surface area contributed by atoms with Crippen LogP contribution in [0.25, 0.3) is 0 Å². The standard InChI is InChI=1S/C15H20O5/c16-9-12-7-13(17)14(10-18-12)20-11-3-6-19-15(8-11)4-1-2-5-15/h7,10-11,16H,1-6,8-9H2. The molecule has 0 radical (unpaired) electrons. The lowest BCUT2D eigenvalue weighted by Crippen LogP contribution is -2.42. The molecule has 0 aromatic carbocycles. The molecule has 1 N–H and O–H groups in total. The van der Waals surface area contributed by atoms with Gasteiger partial charge in [0.05, 0.1) is 12.2 Å². The van der Waals surface area contributed by atoms with Crippen molar-refractivity contribution in [2.24, 2.45) is 0 Å². The maximum absolute atomic E-state index is 11.9. The van der Waals surface area contributed by atoms with Gasteiger partial charge < -0.3 is 19.0 Å².